The molecule has 0 aliphatic carbocycles. The van der Waals surface area contributed by atoms with E-state index in [9.17, 15) is 9.18 Å². The topological polar surface area (TPSA) is 58.8 Å². The maximum atomic E-state index is 14.0. The van der Waals surface area contributed by atoms with E-state index in [1.54, 1.807) is 24.1 Å². The zero-order valence-corrected chi connectivity index (χ0v) is 13.6. The fourth-order valence-corrected chi connectivity index (χ4v) is 2.54. The Morgan fingerprint density at radius 1 is 1.45 bits per heavy atom. The third kappa shape index (κ3) is 3.81. The highest BCUT2D eigenvalue weighted by Gasteiger charge is 2.31. The van der Waals surface area contributed by atoms with Gasteiger partial charge in [-0.15, -0.1) is 0 Å². The van der Waals surface area contributed by atoms with Crippen LogP contribution in [-0.4, -0.2) is 42.8 Å². The lowest BCUT2D eigenvalue weighted by Crippen LogP contribution is -2.42. The molecule has 1 unspecified atom stereocenters. The molecule has 6 heteroatoms. The van der Waals surface area contributed by atoms with Crippen LogP contribution in [-0.2, 0) is 4.74 Å². The number of benzene rings is 1. The molecule has 0 saturated carbocycles. The molecule has 22 heavy (non-hydrogen) atoms. The van der Waals surface area contributed by atoms with Crippen LogP contribution in [0.2, 0.25) is 0 Å². The maximum absolute atomic E-state index is 14.0. The van der Waals surface area contributed by atoms with Gasteiger partial charge in [0.2, 0.25) is 0 Å². The van der Waals surface area contributed by atoms with Gasteiger partial charge in [0.05, 0.1) is 11.7 Å². The Labute approximate surface area is 130 Å². The Morgan fingerprint density at radius 3 is 2.73 bits per heavy atom. The number of hydrogen-bond donors (Lipinski definition) is 1. The van der Waals surface area contributed by atoms with Gasteiger partial charge in [-0.2, -0.15) is 0 Å². The predicted octanol–water partition coefficient (Wildman–Crippen LogP) is 2.85. The number of anilines is 2. The van der Waals surface area contributed by atoms with E-state index in [1.807, 2.05) is 25.7 Å². The van der Waals surface area contributed by atoms with Crippen molar-refractivity contribution >= 4 is 17.5 Å². The molecule has 2 rings (SSSR count). The fraction of sp³-hybridized carbons (Fsp3) is 0.562. The normalized spacial score (nSPS) is 18.4. The van der Waals surface area contributed by atoms with Crippen LogP contribution in [0.15, 0.2) is 18.2 Å². The lowest BCUT2D eigenvalue weighted by atomic mass is 10.2. The molecule has 0 radical (unpaired) electrons. The Morgan fingerprint density at radius 2 is 2.14 bits per heavy atom. The van der Waals surface area contributed by atoms with Gasteiger partial charge in [0.25, 0.3) is 0 Å². The van der Waals surface area contributed by atoms with Crippen LogP contribution < -0.4 is 10.6 Å². The smallest absolute Gasteiger partial charge is 0.410 e. The second-order valence-electron chi connectivity index (χ2n) is 6.69. The van der Waals surface area contributed by atoms with Crippen LogP contribution in [0.4, 0.5) is 20.6 Å². The molecule has 1 saturated heterocycles. The van der Waals surface area contributed by atoms with Gasteiger partial charge in [-0.1, -0.05) is 0 Å². The molecular formula is C16H24FN3O2. The van der Waals surface area contributed by atoms with E-state index in [2.05, 4.69) is 0 Å². The zero-order chi connectivity index (χ0) is 16.5. The van der Waals surface area contributed by atoms with Gasteiger partial charge in [0.15, 0.2) is 0 Å². The van der Waals surface area contributed by atoms with Crippen molar-refractivity contribution < 1.29 is 13.9 Å². The number of nitrogen functional groups attached to an aromatic ring is 1. The first kappa shape index (κ1) is 16.4. The SMILES string of the molecule is CN(C(=O)OC(C)(C)C)C1CCN(c2ccc(N)cc2F)C1. The Kier molecular flexibility index (Phi) is 4.49. The number of nitrogens with two attached hydrogens (primary N) is 1. The van der Waals surface area contributed by atoms with Crippen LogP contribution in [0.5, 0.6) is 0 Å². The molecular weight excluding hydrogens is 285 g/mol. The summed E-state index contributed by atoms with van der Waals surface area (Å²) in [6, 6.07) is 4.69. The predicted molar refractivity (Wildman–Crippen MR) is 85.4 cm³/mol. The van der Waals surface area contributed by atoms with Crippen LogP contribution in [0.1, 0.15) is 27.2 Å². The molecule has 1 fully saturated rings. The molecule has 0 aromatic heterocycles. The first-order valence-corrected chi connectivity index (χ1v) is 7.43. The van der Waals surface area contributed by atoms with Crippen LogP contribution in [0, 0.1) is 5.82 Å². The standard InChI is InChI=1S/C16H24FN3O2/c1-16(2,3)22-15(21)19(4)12-7-8-20(10-12)14-6-5-11(18)9-13(14)17/h5-6,9,12H,7-8,10,18H2,1-4H3. The van der Waals surface area contributed by atoms with Crippen LogP contribution >= 0.6 is 0 Å². The van der Waals surface area contributed by atoms with Crippen molar-refractivity contribution in [1.82, 2.24) is 4.90 Å². The summed E-state index contributed by atoms with van der Waals surface area (Å²) in [5, 5.41) is 0. The Bertz CT molecular complexity index is 557. The van der Waals surface area contributed by atoms with Crippen LogP contribution in [0.3, 0.4) is 0 Å². The van der Waals surface area contributed by atoms with Gasteiger partial charge in [0.1, 0.15) is 11.4 Å². The van der Waals surface area contributed by atoms with E-state index >= 15 is 0 Å². The van der Waals surface area contributed by atoms with Crippen molar-refractivity contribution in [3.05, 3.63) is 24.0 Å². The Hall–Kier alpha value is -1.98. The summed E-state index contributed by atoms with van der Waals surface area (Å²) in [7, 11) is 1.72. The van der Waals surface area contributed by atoms with E-state index in [0.29, 0.717) is 24.5 Å². The molecule has 122 valence electrons. The van der Waals surface area contributed by atoms with Gasteiger partial charge < -0.3 is 20.3 Å². The van der Waals surface area contributed by atoms with Crippen molar-refractivity contribution in [1.29, 1.82) is 0 Å². The molecule has 1 aliphatic rings. The summed E-state index contributed by atoms with van der Waals surface area (Å²) in [5.74, 6) is -0.333. The van der Waals surface area contributed by atoms with Gasteiger partial charge in [-0.3, -0.25) is 0 Å². The number of likely N-dealkylation sites (N-methyl/N-ethyl adjacent to an activating group) is 1. The average Bonchev–Trinajstić information content (AvgIpc) is 2.85. The van der Waals surface area contributed by atoms with Crippen LogP contribution in [0.25, 0.3) is 0 Å². The average molecular weight is 309 g/mol. The number of rotatable bonds is 2. The number of nitrogens with zero attached hydrogens (tertiary/aromatic N) is 2. The molecule has 2 N–H and O–H groups in total. The minimum Gasteiger partial charge on any atom is -0.444 e. The van der Waals surface area contributed by atoms with Crippen molar-refractivity contribution in [3.63, 3.8) is 0 Å². The summed E-state index contributed by atoms with van der Waals surface area (Å²) in [6.45, 7) is 6.78. The molecule has 1 aliphatic heterocycles. The van der Waals surface area contributed by atoms with E-state index in [1.165, 1.54) is 6.07 Å². The monoisotopic (exact) mass is 309 g/mol. The number of carbonyl (C=O) groups excluding carboxylic acids is 1. The minimum absolute atomic E-state index is 0.00630. The minimum atomic E-state index is -0.521. The number of amides is 1. The third-order valence-electron chi connectivity index (χ3n) is 3.71. The molecule has 1 aromatic carbocycles. The molecule has 1 heterocycles. The lowest BCUT2D eigenvalue weighted by Gasteiger charge is -2.29. The van der Waals surface area contributed by atoms with Gasteiger partial charge in [-0.05, 0) is 45.4 Å². The van der Waals surface area contributed by atoms with Gasteiger partial charge in [0, 0.05) is 25.8 Å². The molecule has 0 spiro atoms. The Balaban J connectivity index is 2.01. The van der Waals surface area contributed by atoms with E-state index in [-0.39, 0.29) is 18.0 Å². The molecule has 1 aromatic rings. The largest absolute Gasteiger partial charge is 0.444 e. The lowest BCUT2D eigenvalue weighted by molar-refractivity contribution is 0.0238. The molecule has 5 nitrogen and oxygen atoms in total. The first-order chi connectivity index (χ1) is 10.2. The quantitative estimate of drug-likeness (QED) is 0.854. The zero-order valence-electron chi connectivity index (χ0n) is 13.6. The highest BCUT2D eigenvalue weighted by atomic mass is 19.1. The fourth-order valence-electron chi connectivity index (χ4n) is 2.54. The number of carbonyl (C=O) groups is 1. The highest BCUT2D eigenvalue weighted by Crippen LogP contribution is 2.27. The third-order valence-corrected chi connectivity index (χ3v) is 3.71. The highest BCUT2D eigenvalue weighted by molar-refractivity contribution is 5.68. The molecule has 0 bridgehead atoms. The van der Waals surface area contributed by atoms with Crippen molar-refractivity contribution in [2.45, 2.75) is 38.8 Å². The maximum Gasteiger partial charge on any atom is 0.410 e. The summed E-state index contributed by atoms with van der Waals surface area (Å²) < 4.78 is 19.4. The van der Waals surface area contributed by atoms with Gasteiger partial charge >= 0.3 is 6.09 Å². The van der Waals surface area contributed by atoms with E-state index in [4.69, 9.17) is 10.5 Å². The van der Waals surface area contributed by atoms with E-state index in [0.717, 1.165) is 6.42 Å². The number of hydrogen-bond acceptors (Lipinski definition) is 4. The summed E-state index contributed by atoms with van der Waals surface area (Å²) >= 11 is 0. The number of ether oxygens (including phenoxy) is 1. The van der Waals surface area contributed by atoms with Crippen molar-refractivity contribution in [2.75, 3.05) is 30.8 Å². The van der Waals surface area contributed by atoms with E-state index < -0.39 is 5.60 Å². The summed E-state index contributed by atoms with van der Waals surface area (Å²) in [5.41, 5.74) is 5.98. The van der Waals surface area contributed by atoms with Crippen molar-refractivity contribution in [3.8, 4) is 0 Å². The summed E-state index contributed by atoms with van der Waals surface area (Å²) in [6.07, 6.45) is 0.427. The second-order valence-corrected chi connectivity index (χ2v) is 6.69. The second kappa shape index (κ2) is 6.02. The number of halogens is 1. The summed E-state index contributed by atoms with van der Waals surface area (Å²) in [4.78, 5) is 15.6. The van der Waals surface area contributed by atoms with Crippen molar-refractivity contribution in [2.24, 2.45) is 0 Å². The first-order valence-electron chi connectivity index (χ1n) is 7.43. The van der Waals surface area contributed by atoms with Gasteiger partial charge in [-0.25, -0.2) is 9.18 Å². The molecule has 1 amide bonds. The molecule has 1 atom stereocenters.